The molecule has 1 saturated carbocycles. The van der Waals surface area contributed by atoms with E-state index in [1.807, 2.05) is 0 Å². The van der Waals surface area contributed by atoms with Crippen molar-refractivity contribution in [3.8, 4) is 0 Å². The molecule has 0 saturated heterocycles. The van der Waals surface area contributed by atoms with Crippen molar-refractivity contribution in [1.29, 1.82) is 0 Å². The summed E-state index contributed by atoms with van der Waals surface area (Å²) in [5.74, 6) is 2.27. The highest BCUT2D eigenvalue weighted by molar-refractivity contribution is 6.51. The van der Waals surface area contributed by atoms with Gasteiger partial charge in [-0.3, -0.25) is 0 Å². The zero-order valence-electron chi connectivity index (χ0n) is 13.9. The van der Waals surface area contributed by atoms with Gasteiger partial charge in [0.1, 0.15) is 0 Å². The maximum absolute atomic E-state index is 6.33. The molecule has 4 heteroatoms. The molecule has 1 aliphatic rings. The maximum atomic E-state index is 6.33. The predicted molar refractivity (Wildman–Crippen MR) is 88.3 cm³/mol. The number of rotatable bonds is 9. The highest BCUT2D eigenvalue weighted by Crippen LogP contribution is 2.35. The molecule has 0 amide bonds. The van der Waals surface area contributed by atoms with Gasteiger partial charge in [-0.1, -0.05) is 27.2 Å². The van der Waals surface area contributed by atoms with Crippen LogP contribution in [-0.4, -0.2) is 34.5 Å². The molecule has 1 rings (SSSR count). The van der Waals surface area contributed by atoms with Crippen molar-refractivity contribution in [2.45, 2.75) is 65.5 Å². The predicted octanol–water partition coefficient (Wildman–Crippen LogP) is 3.11. The smallest absolute Gasteiger partial charge is 0.202 e. The molecule has 0 aromatic rings. The summed E-state index contributed by atoms with van der Waals surface area (Å²) < 4.78 is 12.3. The van der Waals surface area contributed by atoms with Crippen LogP contribution in [-0.2, 0) is 9.16 Å². The molecule has 1 aliphatic carbocycles. The Balaban J connectivity index is 2.45. The molecule has 0 aromatic carbocycles. The first-order valence-corrected chi connectivity index (χ1v) is 10.6. The summed E-state index contributed by atoms with van der Waals surface area (Å²) in [6.07, 6.45) is 6.32. The molecule has 120 valence electrons. The van der Waals surface area contributed by atoms with Crippen LogP contribution in [0.15, 0.2) is 0 Å². The number of hydrogen-bond acceptors (Lipinski definition) is 3. The molecule has 0 bridgehead atoms. The molecule has 0 radical (unpaired) electrons. The van der Waals surface area contributed by atoms with Crippen LogP contribution in [0.4, 0.5) is 0 Å². The van der Waals surface area contributed by atoms with Gasteiger partial charge in [0.05, 0.1) is 12.3 Å². The lowest BCUT2D eigenvalue weighted by Crippen LogP contribution is -2.37. The Kier molecular flexibility index (Phi) is 9.01. The minimum absolute atomic E-state index is 0.451. The Hall–Kier alpha value is 0.0969. The van der Waals surface area contributed by atoms with E-state index < -0.39 is 9.04 Å². The lowest BCUT2D eigenvalue weighted by atomic mass is 9.75. The molecule has 4 atom stereocenters. The zero-order chi connectivity index (χ0) is 15.0. The molecule has 0 spiro atoms. The number of nitrogens with two attached hydrogens (primary N) is 1. The van der Waals surface area contributed by atoms with Gasteiger partial charge in [-0.25, -0.2) is 0 Å². The van der Waals surface area contributed by atoms with Gasteiger partial charge in [0.15, 0.2) is 0 Å². The van der Waals surface area contributed by atoms with E-state index in [0.29, 0.717) is 6.10 Å². The quantitative estimate of drug-likeness (QED) is 0.666. The van der Waals surface area contributed by atoms with Crippen LogP contribution in [0.3, 0.4) is 0 Å². The molecule has 2 N–H and O–H groups in total. The Morgan fingerprint density at radius 2 is 2.05 bits per heavy atom. The summed E-state index contributed by atoms with van der Waals surface area (Å²) in [5, 5.41) is 0. The molecule has 1 fully saturated rings. The normalized spacial score (nSPS) is 28.8. The molecule has 4 unspecified atom stereocenters. The third-order valence-corrected chi connectivity index (χ3v) is 7.01. The van der Waals surface area contributed by atoms with Crippen LogP contribution in [0, 0.1) is 17.8 Å². The van der Waals surface area contributed by atoms with E-state index in [0.717, 1.165) is 49.6 Å². The Labute approximate surface area is 127 Å². The summed E-state index contributed by atoms with van der Waals surface area (Å²) in [4.78, 5) is 0. The Morgan fingerprint density at radius 1 is 1.30 bits per heavy atom. The average molecular weight is 302 g/mol. The second-order valence-electron chi connectivity index (χ2n) is 6.71. The third kappa shape index (κ3) is 6.25. The van der Waals surface area contributed by atoms with Crippen molar-refractivity contribution in [3.05, 3.63) is 0 Å². The Bertz CT molecular complexity index is 251. The van der Waals surface area contributed by atoms with Crippen molar-refractivity contribution in [2.24, 2.45) is 23.5 Å². The first-order valence-electron chi connectivity index (χ1n) is 8.51. The van der Waals surface area contributed by atoms with Crippen LogP contribution >= 0.6 is 0 Å². The zero-order valence-corrected chi connectivity index (χ0v) is 15.1. The summed E-state index contributed by atoms with van der Waals surface area (Å²) >= 11 is 0. The fourth-order valence-corrected chi connectivity index (χ4v) is 5.39. The van der Waals surface area contributed by atoms with Gasteiger partial charge in [0.2, 0.25) is 9.04 Å². The van der Waals surface area contributed by atoms with Crippen molar-refractivity contribution in [1.82, 2.24) is 0 Å². The molecular weight excluding hydrogens is 266 g/mol. The second kappa shape index (κ2) is 9.93. The van der Waals surface area contributed by atoms with Crippen molar-refractivity contribution in [3.63, 3.8) is 0 Å². The number of hydrogen-bond donors (Lipinski definition) is 1. The van der Waals surface area contributed by atoms with E-state index in [1.165, 1.54) is 19.3 Å². The molecule has 0 aromatic heterocycles. The largest absolute Gasteiger partial charge is 0.418 e. The molecule has 20 heavy (non-hydrogen) atoms. The van der Waals surface area contributed by atoms with Crippen LogP contribution < -0.4 is 5.73 Å². The maximum Gasteiger partial charge on any atom is 0.202 e. The van der Waals surface area contributed by atoms with E-state index in [1.54, 1.807) is 0 Å². The molecular formula is C16H35NO2Si. The van der Waals surface area contributed by atoms with Crippen molar-refractivity contribution < 1.29 is 9.16 Å². The molecule has 0 aliphatic heterocycles. The first kappa shape index (κ1) is 18.1. The summed E-state index contributed by atoms with van der Waals surface area (Å²) in [6, 6.07) is 1.15. The van der Waals surface area contributed by atoms with Gasteiger partial charge in [0, 0.05) is 6.61 Å². The standard InChI is InChI=1S/C16H35NO2Si/c1-5-19-20(10-6-9-17)12-18-16-11-14(4)7-8-15(16)13(2)3/h13-16,20H,5-12,17H2,1-4H3. The van der Waals surface area contributed by atoms with E-state index in [-0.39, 0.29) is 0 Å². The fourth-order valence-electron chi connectivity index (χ4n) is 3.33. The summed E-state index contributed by atoms with van der Waals surface area (Å²) in [5.41, 5.74) is 5.62. The Morgan fingerprint density at radius 3 is 2.65 bits per heavy atom. The third-order valence-electron chi connectivity index (χ3n) is 4.59. The second-order valence-corrected chi connectivity index (χ2v) is 9.19. The van der Waals surface area contributed by atoms with Crippen LogP contribution in [0.5, 0.6) is 0 Å². The minimum Gasteiger partial charge on any atom is -0.418 e. The monoisotopic (exact) mass is 301 g/mol. The van der Waals surface area contributed by atoms with Gasteiger partial charge in [-0.2, -0.15) is 0 Å². The first-order chi connectivity index (χ1) is 9.58. The van der Waals surface area contributed by atoms with E-state index in [4.69, 9.17) is 14.9 Å². The topological polar surface area (TPSA) is 44.5 Å². The van der Waals surface area contributed by atoms with Gasteiger partial charge >= 0.3 is 0 Å². The van der Waals surface area contributed by atoms with Gasteiger partial charge in [-0.15, -0.1) is 0 Å². The van der Waals surface area contributed by atoms with Gasteiger partial charge in [0.25, 0.3) is 0 Å². The van der Waals surface area contributed by atoms with E-state index >= 15 is 0 Å². The SMILES string of the molecule is CCO[SiH](CCCN)COC1CC(C)CCC1C(C)C. The number of ether oxygens (including phenoxy) is 1. The average Bonchev–Trinajstić information content (AvgIpc) is 2.41. The van der Waals surface area contributed by atoms with E-state index in [9.17, 15) is 0 Å². The summed E-state index contributed by atoms with van der Waals surface area (Å²) in [7, 11) is -1.20. The summed E-state index contributed by atoms with van der Waals surface area (Å²) in [6.45, 7) is 10.7. The highest BCUT2D eigenvalue weighted by atomic mass is 28.3. The fraction of sp³-hybridized carbons (Fsp3) is 1.00. The van der Waals surface area contributed by atoms with Crippen molar-refractivity contribution in [2.75, 3.05) is 19.4 Å². The van der Waals surface area contributed by atoms with Gasteiger partial charge in [-0.05, 0) is 56.5 Å². The lowest BCUT2D eigenvalue weighted by molar-refractivity contribution is -0.0239. The lowest BCUT2D eigenvalue weighted by Gasteiger charge is -2.37. The van der Waals surface area contributed by atoms with Crippen LogP contribution in [0.2, 0.25) is 6.04 Å². The van der Waals surface area contributed by atoms with Crippen LogP contribution in [0.25, 0.3) is 0 Å². The van der Waals surface area contributed by atoms with Crippen molar-refractivity contribution >= 4 is 9.04 Å². The van der Waals surface area contributed by atoms with Gasteiger partial charge < -0.3 is 14.9 Å². The molecule has 3 nitrogen and oxygen atoms in total. The highest BCUT2D eigenvalue weighted by Gasteiger charge is 2.32. The van der Waals surface area contributed by atoms with E-state index in [2.05, 4.69) is 27.7 Å². The minimum atomic E-state index is -1.20. The molecule has 0 heterocycles. The van der Waals surface area contributed by atoms with Crippen LogP contribution in [0.1, 0.15) is 53.4 Å².